The molecule has 0 saturated heterocycles. The van der Waals surface area contributed by atoms with Crippen LogP contribution in [0.5, 0.6) is 0 Å². The number of amides is 1. The van der Waals surface area contributed by atoms with Crippen LogP contribution >= 0.6 is 23.1 Å². The second kappa shape index (κ2) is 7.47. The summed E-state index contributed by atoms with van der Waals surface area (Å²) in [6.07, 6.45) is -2.73. The Labute approximate surface area is 154 Å². The average molecular weight is 407 g/mol. The van der Waals surface area contributed by atoms with Crippen molar-refractivity contribution in [2.24, 2.45) is 7.05 Å². The molecule has 0 aliphatic heterocycles. The fraction of sp³-hybridized carbons (Fsp3) is 0.533. The average Bonchev–Trinajstić information content (AvgIpc) is 3.13. The summed E-state index contributed by atoms with van der Waals surface area (Å²) < 4.78 is 41.4. The maximum Gasteiger partial charge on any atom is 0.422 e. The van der Waals surface area contributed by atoms with E-state index < -0.39 is 18.9 Å². The zero-order valence-corrected chi connectivity index (χ0v) is 15.4. The normalized spacial score (nSPS) is 13.8. The lowest BCUT2D eigenvalue weighted by molar-refractivity contribution is -0.160. The minimum atomic E-state index is -4.55. The van der Waals surface area contributed by atoms with Gasteiger partial charge in [0.15, 0.2) is 11.8 Å². The second-order valence-corrected chi connectivity index (χ2v) is 7.91. The summed E-state index contributed by atoms with van der Waals surface area (Å²) in [5.74, 6) is 0.345. The molecular weight excluding hydrogens is 391 g/mol. The second-order valence-electron chi connectivity index (χ2n) is 5.76. The lowest BCUT2D eigenvalue weighted by Crippen LogP contribution is -2.30. The number of alkyl carbamates (subject to hydrolysis) is 1. The Morgan fingerprint density at radius 3 is 2.92 bits per heavy atom. The van der Waals surface area contributed by atoms with E-state index in [1.807, 2.05) is 0 Å². The molecule has 1 aliphatic carbocycles. The standard InChI is InChI=1S/C15H16F3N3O3S2/c1-21-12(22)10-8-3-2-4-9(8)26-11(10)20-13(21)25-6-5-19-14(23)24-7-15(16,17)18/h2-7H2,1H3,(H,19,23). The molecule has 0 radical (unpaired) electrons. The van der Waals surface area contributed by atoms with E-state index in [0.29, 0.717) is 16.3 Å². The van der Waals surface area contributed by atoms with Crippen LogP contribution in [0, 0.1) is 0 Å². The predicted octanol–water partition coefficient (Wildman–Crippen LogP) is 2.86. The molecule has 142 valence electrons. The first-order valence-corrected chi connectivity index (χ1v) is 9.68. The third-order valence-corrected chi connectivity index (χ3v) is 6.09. The van der Waals surface area contributed by atoms with Crippen LogP contribution in [0.25, 0.3) is 10.2 Å². The number of carbonyl (C=O) groups excluding carboxylic acids is 1. The zero-order valence-electron chi connectivity index (χ0n) is 13.8. The predicted molar refractivity (Wildman–Crippen MR) is 93.0 cm³/mol. The largest absolute Gasteiger partial charge is 0.440 e. The summed E-state index contributed by atoms with van der Waals surface area (Å²) in [4.78, 5) is 30.3. The first kappa shape index (κ1) is 19.0. The molecule has 0 atom stereocenters. The highest BCUT2D eigenvalue weighted by Crippen LogP contribution is 2.35. The number of carbonyl (C=O) groups is 1. The van der Waals surface area contributed by atoms with E-state index in [1.165, 1.54) is 21.2 Å². The number of hydrogen-bond acceptors (Lipinski definition) is 6. The monoisotopic (exact) mass is 407 g/mol. The number of alkyl halides is 3. The van der Waals surface area contributed by atoms with Gasteiger partial charge in [0.05, 0.1) is 5.39 Å². The molecule has 0 aromatic carbocycles. The first-order valence-electron chi connectivity index (χ1n) is 7.87. The van der Waals surface area contributed by atoms with Gasteiger partial charge in [-0.25, -0.2) is 9.78 Å². The van der Waals surface area contributed by atoms with Crippen LogP contribution < -0.4 is 10.9 Å². The van der Waals surface area contributed by atoms with E-state index in [9.17, 15) is 22.8 Å². The molecule has 0 unspecified atom stereocenters. The number of thioether (sulfide) groups is 1. The van der Waals surface area contributed by atoms with Gasteiger partial charge in [-0.3, -0.25) is 9.36 Å². The molecule has 1 aliphatic rings. The fourth-order valence-electron chi connectivity index (χ4n) is 2.73. The summed E-state index contributed by atoms with van der Waals surface area (Å²) in [7, 11) is 1.64. The minimum Gasteiger partial charge on any atom is -0.440 e. The number of thiophene rings is 1. The Morgan fingerprint density at radius 1 is 1.42 bits per heavy atom. The van der Waals surface area contributed by atoms with E-state index >= 15 is 0 Å². The lowest BCUT2D eigenvalue weighted by Gasteiger charge is -2.10. The number of halogens is 3. The number of aryl methyl sites for hydroxylation is 2. The summed E-state index contributed by atoms with van der Waals surface area (Å²) in [5.41, 5.74) is 1.03. The van der Waals surface area contributed by atoms with Crippen molar-refractivity contribution in [3.63, 3.8) is 0 Å². The quantitative estimate of drug-likeness (QED) is 0.469. The molecule has 2 aromatic rings. The number of nitrogens with zero attached hydrogens (tertiary/aromatic N) is 2. The van der Waals surface area contributed by atoms with Crippen molar-refractivity contribution in [3.8, 4) is 0 Å². The highest BCUT2D eigenvalue weighted by molar-refractivity contribution is 7.99. The molecular formula is C15H16F3N3O3S2. The van der Waals surface area contributed by atoms with Gasteiger partial charge in [0, 0.05) is 24.2 Å². The van der Waals surface area contributed by atoms with Crippen molar-refractivity contribution in [3.05, 3.63) is 20.8 Å². The van der Waals surface area contributed by atoms with E-state index in [4.69, 9.17) is 0 Å². The van der Waals surface area contributed by atoms with Gasteiger partial charge in [0.25, 0.3) is 5.56 Å². The Kier molecular flexibility index (Phi) is 5.47. The van der Waals surface area contributed by atoms with Crippen molar-refractivity contribution >= 4 is 39.4 Å². The SMILES string of the molecule is Cn1c(SCCNC(=O)OCC(F)(F)F)nc2sc3c(c2c1=O)CCC3. The van der Waals surface area contributed by atoms with Crippen LogP contribution in [0.3, 0.4) is 0 Å². The molecule has 1 N–H and O–H groups in total. The molecule has 6 nitrogen and oxygen atoms in total. The minimum absolute atomic E-state index is 0.0885. The molecule has 1 amide bonds. The summed E-state index contributed by atoms with van der Waals surface area (Å²) in [6.45, 7) is -1.53. The van der Waals surface area contributed by atoms with Crippen molar-refractivity contribution in [1.82, 2.24) is 14.9 Å². The van der Waals surface area contributed by atoms with Gasteiger partial charge in [-0.2, -0.15) is 13.2 Å². The molecule has 0 spiro atoms. The Bertz CT molecular complexity index is 892. The summed E-state index contributed by atoms with van der Waals surface area (Å²) in [5, 5.41) is 3.44. The fourth-order valence-corrected chi connectivity index (χ4v) is 4.86. The van der Waals surface area contributed by atoms with Gasteiger partial charge < -0.3 is 10.1 Å². The van der Waals surface area contributed by atoms with E-state index in [-0.39, 0.29) is 12.1 Å². The van der Waals surface area contributed by atoms with E-state index in [1.54, 1.807) is 18.4 Å². The van der Waals surface area contributed by atoms with Crippen molar-refractivity contribution in [2.75, 3.05) is 18.9 Å². The van der Waals surface area contributed by atoms with Gasteiger partial charge >= 0.3 is 12.3 Å². The lowest BCUT2D eigenvalue weighted by atomic mass is 10.2. The molecule has 0 fully saturated rings. The molecule has 0 saturated carbocycles. The zero-order chi connectivity index (χ0) is 18.9. The topological polar surface area (TPSA) is 73.2 Å². The third-order valence-electron chi connectivity index (χ3n) is 3.87. The van der Waals surface area contributed by atoms with Gasteiger partial charge in [0.1, 0.15) is 4.83 Å². The van der Waals surface area contributed by atoms with E-state index in [0.717, 1.165) is 29.7 Å². The number of nitrogens with one attached hydrogen (secondary N) is 1. The van der Waals surface area contributed by atoms with Gasteiger partial charge in [-0.15, -0.1) is 11.3 Å². The van der Waals surface area contributed by atoms with Crippen LogP contribution in [-0.4, -0.2) is 40.7 Å². The van der Waals surface area contributed by atoms with E-state index in [2.05, 4.69) is 15.0 Å². The highest BCUT2D eigenvalue weighted by Gasteiger charge is 2.29. The van der Waals surface area contributed by atoms with Gasteiger partial charge in [-0.1, -0.05) is 11.8 Å². The van der Waals surface area contributed by atoms with Crippen LogP contribution in [0.1, 0.15) is 16.9 Å². The van der Waals surface area contributed by atoms with Gasteiger partial charge in [0.2, 0.25) is 0 Å². The number of fused-ring (bicyclic) bond motifs is 3. The Morgan fingerprint density at radius 2 is 2.19 bits per heavy atom. The number of rotatable bonds is 5. The molecule has 2 heterocycles. The summed E-state index contributed by atoms with van der Waals surface area (Å²) in [6, 6.07) is 0. The third kappa shape index (κ3) is 4.14. The number of ether oxygens (including phenoxy) is 1. The van der Waals surface area contributed by atoms with Crippen molar-refractivity contribution < 1.29 is 22.7 Å². The maximum absolute atomic E-state index is 12.6. The highest BCUT2D eigenvalue weighted by atomic mass is 32.2. The van der Waals surface area contributed by atoms with Crippen molar-refractivity contribution in [1.29, 1.82) is 0 Å². The number of aromatic nitrogens is 2. The molecule has 26 heavy (non-hydrogen) atoms. The molecule has 11 heteroatoms. The van der Waals surface area contributed by atoms with Crippen LogP contribution in [-0.2, 0) is 24.6 Å². The van der Waals surface area contributed by atoms with Crippen LogP contribution in [0.4, 0.5) is 18.0 Å². The Hall–Kier alpha value is -1.75. The molecule has 3 rings (SSSR count). The molecule has 0 bridgehead atoms. The van der Waals surface area contributed by atoms with Crippen LogP contribution in [0.2, 0.25) is 0 Å². The maximum atomic E-state index is 12.6. The van der Waals surface area contributed by atoms with Gasteiger partial charge in [-0.05, 0) is 24.8 Å². The first-order chi connectivity index (χ1) is 12.3. The summed E-state index contributed by atoms with van der Waals surface area (Å²) >= 11 is 2.79. The van der Waals surface area contributed by atoms with Crippen LogP contribution in [0.15, 0.2) is 9.95 Å². The Balaban J connectivity index is 1.59. The van der Waals surface area contributed by atoms with Crippen molar-refractivity contribution in [2.45, 2.75) is 30.6 Å². The smallest absolute Gasteiger partial charge is 0.422 e. The molecule has 2 aromatic heterocycles. The number of hydrogen-bond donors (Lipinski definition) is 1.